The fourth-order valence-corrected chi connectivity index (χ4v) is 3.43. The molecule has 2 atom stereocenters. The first-order chi connectivity index (χ1) is 16.0. The number of anilines is 1. The van der Waals surface area contributed by atoms with Gasteiger partial charge in [-0.25, -0.2) is 4.79 Å². The van der Waals surface area contributed by atoms with Crippen molar-refractivity contribution in [3.8, 4) is 6.07 Å². The van der Waals surface area contributed by atoms with Gasteiger partial charge in [-0.1, -0.05) is 50.6 Å². The van der Waals surface area contributed by atoms with Crippen LogP contribution < -0.4 is 5.43 Å². The zero-order valence-corrected chi connectivity index (χ0v) is 18.7. The summed E-state index contributed by atoms with van der Waals surface area (Å²) < 4.78 is 5.32. The van der Waals surface area contributed by atoms with E-state index in [2.05, 4.69) is 10.5 Å². The number of carbonyl (C=O) groups excluding carboxylic acids is 3. The number of rotatable bonds is 8. The van der Waals surface area contributed by atoms with E-state index < -0.39 is 29.6 Å². The number of imide groups is 1. The van der Waals surface area contributed by atoms with E-state index in [1.54, 1.807) is 31.2 Å². The van der Waals surface area contributed by atoms with Crippen molar-refractivity contribution in [1.29, 1.82) is 5.26 Å². The van der Waals surface area contributed by atoms with Crippen LogP contribution in [0.3, 0.4) is 0 Å². The zero-order valence-electron chi connectivity index (χ0n) is 18.7. The van der Waals surface area contributed by atoms with Gasteiger partial charge in [0.05, 0.1) is 17.3 Å². The maximum Gasteiger partial charge on any atom is 0.338 e. The van der Waals surface area contributed by atoms with Gasteiger partial charge in [0.2, 0.25) is 5.91 Å². The highest BCUT2D eigenvalue weighted by atomic mass is 16.5. The molecule has 33 heavy (non-hydrogen) atoms. The first kappa shape index (κ1) is 23.7. The maximum absolute atomic E-state index is 12.8. The highest BCUT2D eigenvalue weighted by molar-refractivity contribution is 6.44. The van der Waals surface area contributed by atoms with Gasteiger partial charge in [0.25, 0.3) is 5.91 Å². The molecule has 0 aromatic heterocycles. The van der Waals surface area contributed by atoms with Gasteiger partial charge in [-0.3, -0.25) is 19.9 Å². The van der Waals surface area contributed by atoms with E-state index in [4.69, 9.17) is 4.74 Å². The molecule has 2 aromatic carbocycles. The number of esters is 1. The number of unbranched alkanes of at least 4 members (excludes halogenated alkanes) is 1. The quantitative estimate of drug-likeness (QED) is 0.375. The third kappa shape index (κ3) is 5.63. The lowest BCUT2D eigenvalue weighted by Gasteiger charge is -2.32. The van der Waals surface area contributed by atoms with Gasteiger partial charge in [0.1, 0.15) is 18.2 Å². The van der Waals surface area contributed by atoms with E-state index in [1.807, 2.05) is 43.3 Å². The molecule has 0 spiro atoms. The molecule has 1 aliphatic heterocycles. The van der Waals surface area contributed by atoms with Gasteiger partial charge in [0.15, 0.2) is 0 Å². The number of nitrogens with zero attached hydrogens (tertiary/aromatic N) is 3. The topological polar surface area (TPSA) is 112 Å². The van der Waals surface area contributed by atoms with Crippen molar-refractivity contribution < 1.29 is 19.1 Å². The molecule has 0 aliphatic carbocycles. The Labute approximate surface area is 192 Å². The average molecular weight is 447 g/mol. The lowest BCUT2D eigenvalue weighted by atomic mass is 9.85. The van der Waals surface area contributed by atoms with Gasteiger partial charge in [-0.2, -0.15) is 10.4 Å². The maximum atomic E-state index is 12.8. The molecule has 1 fully saturated rings. The fourth-order valence-electron chi connectivity index (χ4n) is 3.43. The van der Waals surface area contributed by atoms with Crippen molar-refractivity contribution >= 4 is 29.2 Å². The molecule has 8 nitrogen and oxygen atoms in total. The molecule has 1 aliphatic rings. The largest absolute Gasteiger partial charge is 0.457 e. The lowest BCUT2D eigenvalue weighted by Crippen LogP contribution is -2.54. The van der Waals surface area contributed by atoms with E-state index in [0.717, 1.165) is 16.9 Å². The molecule has 2 amide bonds. The van der Waals surface area contributed by atoms with E-state index in [0.29, 0.717) is 17.7 Å². The molecule has 0 saturated carbocycles. The molecule has 1 saturated heterocycles. The van der Waals surface area contributed by atoms with E-state index in [9.17, 15) is 19.6 Å². The molecule has 8 heteroatoms. The molecule has 0 bridgehead atoms. The Bertz CT molecular complexity index is 1070. The lowest BCUT2D eigenvalue weighted by molar-refractivity contribution is -0.145. The minimum atomic E-state index is -0.957. The number of ether oxygens (including phenoxy) is 1. The second kappa shape index (κ2) is 11.0. The van der Waals surface area contributed by atoms with Crippen LogP contribution in [0.4, 0.5) is 5.69 Å². The Hall–Kier alpha value is -3.99. The van der Waals surface area contributed by atoms with Crippen LogP contribution >= 0.6 is 0 Å². The number of hydrogen-bond donors (Lipinski definition) is 1. The monoisotopic (exact) mass is 446 g/mol. The molecule has 2 unspecified atom stereocenters. The average Bonchev–Trinajstić information content (AvgIpc) is 2.83. The smallest absolute Gasteiger partial charge is 0.338 e. The van der Waals surface area contributed by atoms with Gasteiger partial charge in [-0.05, 0) is 36.2 Å². The van der Waals surface area contributed by atoms with Crippen molar-refractivity contribution in [2.75, 3.05) is 12.0 Å². The third-order valence-corrected chi connectivity index (χ3v) is 5.44. The molecular formula is C25H26N4O4. The standard InChI is InChI=1S/C25H26N4O4/c1-3-4-14-29-23(30)21(15-26)17(2)22(24(29)31)28-27-20-12-10-19(11-13-20)25(32)33-16-18-8-6-5-7-9-18/h5-13,17,21,27H,3-4,14,16H2,1-2H3. The third-order valence-electron chi connectivity index (χ3n) is 5.44. The second-order valence-electron chi connectivity index (χ2n) is 7.79. The van der Waals surface area contributed by atoms with Crippen molar-refractivity contribution in [3.05, 3.63) is 65.7 Å². The van der Waals surface area contributed by atoms with Gasteiger partial charge in [0, 0.05) is 12.5 Å². The van der Waals surface area contributed by atoms with Crippen molar-refractivity contribution in [2.45, 2.75) is 33.3 Å². The van der Waals surface area contributed by atoms with Crippen molar-refractivity contribution in [3.63, 3.8) is 0 Å². The highest BCUT2D eigenvalue weighted by Gasteiger charge is 2.44. The Morgan fingerprint density at radius 1 is 1.15 bits per heavy atom. The normalized spacial score (nSPS) is 19.3. The van der Waals surface area contributed by atoms with E-state index in [-0.39, 0.29) is 18.9 Å². The summed E-state index contributed by atoms with van der Waals surface area (Å²) in [5.74, 6) is -2.99. The van der Waals surface area contributed by atoms with E-state index in [1.165, 1.54) is 0 Å². The number of hydrogen-bond acceptors (Lipinski definition) is 7. The van der Waals surface area contributed by atoms with Crippen LogP contribution in [0, 0.1) is 23.2 Å². The minimum Gasteiger partial charge on any atom is -0.457 e. The molecule has 0 radical (unpaired) electrons. The number of carbonyl (C=O) groups is 3. The summed E-state index contributed by atoms with van der Waals surface area (Å²) in [6.45, 7) is 4.05. The van der Waals surface area contributed by atoms with Crippen LogP contribution in [-0.2, 0) is 20.9 Å². The summed E-state index contributed by atoms with van der Waals surface area (Å²) in [6.07, 6.45) is 1.47. The summed E-state index contributed by atoms with van der Waals surface area (Å²) >= 11 is 0. The predicted molar refractivity (Wildman–Crippen MR) is 123 cm³/mol. The van der Waals surface area contributed by atoms with Crippen LogP contribution in [0.25, 0.3) is 0 Å². The molecule has 1 heterocycles. The number of likely N-dealkylation sites (tertiary alicyclic amines) is 1. The minimum absolute atomic E-state index is 0.128. The summed E-state index contributed by atoms with van der Waals surface area (Å²) in [7, 11) is 0. The van der Waals surface area contributed by atoms with Gasteiger partial charge >= 0.3 is 5.97 Å². The van der Waals surface area contributed by atoms with Crippen LogP contribution in [0.1, 0.15) is 42.6 Å². The molecule has 170 valence electrons. The molecule has 3 rings (SSSR count). The zero-order chi connectivity index (χ0) is 23.8. The summed E-state index contributed by atoms with van der Waals surface area (Å²) in [6, 6.07) is 17.9. The highest BCUT2D eigenvalue weighted by Crippen LogP contribution is 2.24. The summed E-state index contributed by atoms with van der Waals surface area (Å²) in [5.41, 5.74) is 4.76. The van der Waals surface area contributed by atoms with Gasteiger partial charge in [-0.15, -0.1) is 0 Å². The van der Waals surface area contributed by atoms with Gasteiger partial charge < -0.3 is 4.74 Å². The van der Waals surface area contributed by atoms with Crippen molar-refractivity contribution in [1.82, 2.24) is 4.90 Å². The number of piperidine rings is 1. The number of hydrazone groups is 1. The van der Waals surface area contributed by atoms with E-state index >= 15 is 0 Å². The van der Waals surface area contributed by atoms with Crippen LogP contribution in [0.15, 0.2) is 59.7 Å². The number of amides is 2. The predicted octanol–water partition coefficient (Wildman–Crippen LogP) is 3.76. The van der Waals surface area contributed by atoms with Crippen LogP contribution in [-0.4, -0.2) is 34.9 Å². The first-order valence-electron chi connectivity index (χ1n) is 10.9. The Morgan fingerprint density at radius 2 is 1.85 bits per heavy atom. The first-order valence-corrected chi connectivity index (χ1v) is 10.9. The number of nitriles is 1. The SMILES string of the molecule is CCCCN1C(=O)C(=NNc2ccc(C(=O)OCc3ccccc3)cc2)C(C)C(C#N)C1=O. The Kier molecular flexibility index (Phi) is 7.92. The molecule has 1 N–H and O–H groups in total. The fraction of sp³-hybridized carbons (Fsp3) is 0.320. The van der Waals surface area contributed by atoms with Crippen LogP contribution in [0.2, 0.25) is 0 Å². The second-order valence-corrected chi connectivity index (χ2v) is 7.79. The Morgan fingerprint density at radius 3 is 2.48 bits per heavy atom. The molecule has 2 aromatic rings. The molecular weight excluding hydrogens is 420 g/mol. The summed E-state index contributed by atoms with van der Waals surface area (Å²) in [5, 5.41) is 13.6. The Balaban J connectivity index is 1.67. The van der Waals surface area contributed by atoms with Crippen molar-refractivity contribution in [2.24, 2.45) is 16.9 Å². The summed E-state index contributed by atoms with van der Waals surface area (Å²) in [4.78, 5) is 38.7. The number of nitrogens with one attached hydrogen (secondary N) is 1. The van der Waals surface area contributed by atoms with Crippen LogP contribution in [0.5, 0.6) is 0 Å². The number of benzene rings is 2.